The summed E-state index contributed by atoms with van der Waals surface area (Å²) in [6.45, 7) is 11.6. The molecule has 0 aromatic rings. The molecule has 2 aliphatic heterocycles. The van der Waals surface area contributed by atoms with Crippen LogP contribution in [0.3, 0.4) is 0 Å². The van der Waals surface area contributed by atoms with Gasteiger partial charge in [0.25, 0.3) is 0 Å². The summed E-state index contributed by atoms with van der Waals surface area (Å²) in [6.07, 6.45) is 8.42. The average molecular weight is 268 g/mol. The lowest BCUT2D eigenvalue weighted by Gasteiger charge is -2.42. The first-order chi connectivity index (χ1) is 9.28. The quantitative estimate of drug-likeness (QED) is 0.768. The Balaban J connectivity index is 1.89. The molecule has 3 nitrogen and oxygen atoms in total. The highest BCUT2D eigenvalue weighted by atomic mass is 16.5. The van der Waals surface area contributed by atoms with Gasteiger partial charge in [-0.1, -0.05) is 20.3 Å². The van der Waals surface area contributed by atoms with Gasteiger partial charge in [0.05, 0.1) is 6.10 Å². The normalized spacial score (nSPS) is 27.0. The summed E-state index contributed by atoms with van der Waals surface area (Å²) in [5.41, 5.74) is 0.564. The number of likely N-dealkylation sites (N-methyl/N-ethyl adjacent to an activating group) is 1. The molecule has 0 radical (unpaired) electrons. The van der Waals surface area contributed by atoms with Crippen LogP contribution in [0.25, 0.3) is 0 Å². The first kappa shape index (κ1) is 15.3. The van der Waals surface area contributed by atoms with Crippen LogP contribution < -0.4 is 5.32 Å². The lowest BCUT2D eigenvalue weighted by molar-refractivity contribution is 0.0438. The van der Waals surface area contributed by atoms with E-state index in [4.69, 9.17) is 4.74 Å². The Hall–Kier alpha value is -0.120. The largest absolute Gasteiger partial charge is 0.377 e. The van der Waals surface area contributed by atoms with Crippen LogP contribution in [0.15, 0.2) is 0 Å². The Labute approximate surface area is 119 Å². The van der Waals surface area contributed by atoms with Gasteiger partial charge < -0.3 is 15.0 Å². The third-order valence-corrected chi connectivity index (χ3v) is 4.94. The van der Waals surface area contributed by atoms with Crippen molar-refractivity contribution in [1.82, 2.24) is 10.2 Å². The molecule has 112 valence electrons. The summed E-state index contributed by atoms with van der Waals surface area (Å²) < 4.78 is 5.81. The van der Waals surface area contributed by atoms with Crippen LogP contribution in [0.1, 0.15) is 52.4 Å². The Morgan fingerprint density at radius 2 is 2.05 bits per heavy atom. The molecule has 2 aliphatic rings. The van der Waals surface area contributed by atoms with Gasteiger partial charge in [0.1, 0.15) is 0 Å². The first-order valence-corrected chi connectivity index (χ1v) is 8.33. The van der Waals surface area contributed by atoms with E-state index >= 15 is 0 Å². The Kier molecular flexibility index (Phi) is 6.11. The maximum absolute atomic E-state index is 5.81. The molecule has 2 saturated heterocycles. The Morgan fingerprint density at radius 3 is 2.63 bits per heavy atom. The summed E-state index contributed by atoms with van der Waals surface area (Å²) in [5, 5.41) is 3.52. The molecule has 0 aromatic carbocycles. The lowest BCUT2D eigenvalue weighted by Crippen LogP contribution is -2.46. The maximum Gasteiger partial charge on any atom is 0.0702 e. The highest BCUT2D eigenvalue weighted by molar-refractivity contribution is 4.88. The van der Waals surface area contributed by atoms with Crippen molar-refractivity contribution in [3.8, 4) is 0 Å². The molecule has 0 aliphatic carbocycles. The zero-order chi connectivity index (χ0) is 13.6. The fraction of sp³-hybridized carbons (Fsp3) is 1.00. The van der Waals surface area contributed by atoms with Crippen molar-refractivity contribution in [3.05, 3.63) is 0 Å². The van der Waals surface area contributed by atoms with Crippen molar-refractivity contribution in [2.75, 3.05) is 39.3 Å². The summed E-state index contributed by atoms with van der Waals surface area (Å²) in [7, 11) is 0. The van der Waals surface area contributed by atoms with Crippen molar-refractivity contribution >= 4 is 0 Å². The smallest absolute Gasteiger partial charge is 0.0702 e. The van der Waals surface area contributed by atoms with Crippen LogP contribution in [-0.2, 0) is 4.74 Å². The minimum absolute atomic E-state index is 0.500. The number of ether oxygens (including phenoxy) is 1. The highest BCUT2D eigenvalue weighted by Crippen LogP contribution is 2.35. The second-order valence-corrected chi connectivity index (χ2v) is 6.46. The van der Waals surface area contributed by atoms with Crippen LogP contribution in [0.5, 0.6) is 0 Å². The van der Waals surface area contributed by atoms with Gasteiger partial charge >= 0.3 is 0 Å². The third-order valence-electron chi connectivity index (χ3n) is 4.94. The number of nitrogens with one attached hydrogen (secondary N) is 1. The fourth-order valence-electron chi connectivity index (χ4n) is 3.83. The first-order valence-electron chi connectivity index (χ1n) is 8.33. The van der Waals surface area contributed by atoms with E-state index in [1.807, 2.05) is 0 Å². The summed E-state index contributed by atoms with van der Waals surface area (Å²) >= 11 is 0. The molecule has 1 unspecified atom stereocenters. The van der Waals surface area contributed by atoms with Crippen molar-refractivity contribution in [3.63, 3.8) is 0 Å². The van der Waals surface area contributed by atoms with Crippen molar-refractivity contribution in [1.29, 1.82) is 0 Å². The summed E-state index contributed by atoms with van der Waals surface area (Å²) in [6, 6.07) is 0. The van der Waals surface area contributed by atoms with E-state index in [-0.39, 0.29) is 0 Å². The zero-order valence-corrected chi connectivity index (χ0v) is 12.9. The van der Waals surface area contributed by atoms with Gasteiger partial charge in [-0.15, -0.1) is 0 Å². The molecule has 1 N–H and O–H groups in total. The highest BCUT2D eigenvalue weighted by Gasteiger charge is 2.33. The molecular weight excluding hydrogens is 236 g/mol. The molecule has 19 heavy (non-hydrogen) atoms. The number of hydrogen-bond acceptors (Lipinski definition) is 3. The molecule has 2 fully saturated rings. The molecule has 0 saturated carbocycles. The molecule has 3 heteroatoms. The summed E-state index contributed by atoms with van der Waals surface area (Å²) in [5.74, 6) is 0. The molecule has 0 spiro atoms. The Bertz CT molecular complexity index is 240. The fourth-order valence-corrected chi connectivity index (χ4v) is 3.83. The van der Waals surface area contributed by atoms with Crippen molar-refractivity contribution < 1.29 is 4.74 Å². The monoisotopic (exact) mass is 268 g/mol. The van der Waals surface area contributed by atoms with Crippen LogP contribution >= 0.6 is 0 Å². The molecule has 0 bridgehead atoms. The van der Waals surface area contributed by atoms with Crippen LogP contribution in [-0.4, -0.2) is 50.3 Å². The van der Waals surface area contributed by atoms with Gasteiger partial charge in [-0.2, -0.15) is 0 Å². The van der Waals surface area contributed by atoms with Gasteiger partial charge in [-0.05, 0) is 57.2 Å². The van der Waals surface area contributed by atoms with Gasteiger partial charge in [-0.25, -0.2) is 0 Å². The molecule has 0 aromatic heterocycles. The molecular formula is C16H32N2O. The van der Waals surface area contributed by atoms with Crippen LogP contribution in [0.4, 0.5) is 0 Å². The van der Waals surface area contributed by atoms with Gasteiger partial charge in [0.2, 0.25) is 0 Å². The SMILES string of the molecule is CCCC1(CN(CC)CC2CCCO2)CCNCC1. The topological polar surface area (TPSA) is 24.5 Å². The maximum atomic E-state index is 5.81. The van der Waals surface area contributed by atoms with E-state index in [0.717, 1.165) is 13.2 Å². The van der Waals surface area contributed by atoms with E-state index in [0.29, 0.717) is 11.5 Å². The number of piperidine rings is 1. The van der Waals surface area contributed by atoms with E-state index in [9.17, 15) is 0 Å². The van der Waals surface area contributed by atoms with E-state index in [2.05, 4.69) is 24.1 Å². The third kappa shape index (κ3) is 4.44. The van der Waals surface area contributed by atoms with E-state index in [1.54, 1.807) is 0 Å². The van der Waals surface area contributed by atoms with E-state index in [1.165, 1.54) is 64.7 Å². The zero-order valence-electron chi connectivity index (χ0n) is 12.9. The lowest BCUT2D eigenvalue weighted by atomic mass is 9.75. The van der Waals surface area contributed by atoms with E-state index < -0.39 is 0 Å². The summed E-state index contributed by atoms with van der Waals surface area (Å²) in [4.78, 5) is 2.65. The van der Waals surface area contributed by atoms with Crippen molar-refractivity contribution in [2.45, 2.75) is 58.5 Å². The Morgan fingerprint density at radius 1 is 1.26 bits per heavy atom. The van der Waals surface area contributed by atoms with Gasteiger partial charge in [-0.3, -0.25) is 0 Å². The average Bonchev–Trinajstić information content (AvgIpc) is 2.92. The minimum Gasteiger partial charge on any atom is -0.377 e. The molecule has 1 atom stereocenters. The predicted octanol–water partition coefficient (Wildman–Crippen LogP) is 2.66. The van der Waals surface area contributed by atoms with Crippen LogP contribution in [0, 0.1) is 5.41 Å². The van der Waals surface area contributed by atoms with Crippen LogP contribution in [0.2, 0.25) is 0 Å². The molecule has 2 rings (SSSR count). The second kappa shape index (κ2) is 7.61. The number of hydrogen-bond donors (Lipinski definition) is 1. The number of rotatable bonds is 7. The second-order valence-electron chi connectivity index (χ2n) is 6.46. The molecule has 2 heterocycles. The van der Waals surface area contributed by atoms with Gasteiger partial charge in [0, 0.05) is 19.7 Å². The van der Waals surface area contributed by atoms with Crippen molar-refractivity contribution in [2.24, 2.45) is 5.41 Å². The minimum atomic E-state index is 0.500. The number of nitrogens with zero attached hydrogens (tertiary/aromatic N) is 1. The molecule has 0 amide bonds. The van der Waals surface area contributed by atoms with Gasteiger partial charge in [0.15, 0.2) is 0 Å². The predicted molar refractivity (Wildman–Crippen MR) is 80.5 cm³/mol. The standard InChI is InChI=1S/C16H32N2O/c1-3-7-16(8-10-17-11-9-16)14-18(4-2)13-15-6-5-12-19-15/h15,17H,3-14H2,1-2H3.